The van der Waals surface area contributed by atoms with Crippen LogP contribution in [0.1, 0.15) is 42.6 Å². The first-order valence-corrected chi connectivity index (χ1v) is 6.66. The van der Waals surface area contributed by atoms with Crippen molar-refractivity contribution in [1.29, 1.82) is 0 Å². The Labute approximate surface area is 118 Å². The van der Waals surface area contributed by atoms with E-state index in [9.17, 15) is 14.7 Å². The molecule has 0 aromatic heterocycles. The van der Waals surface area contributed by atoms with Gasteiger partial charge in [-0.1, -0.05) is 25.0 Å². The van der Waals surface area contributed by atoms with E-state index < -0.39 is 18.0 Å². The lowest BCUT2D eigenvalue weighted by molar-refractivity contribution is -0.151. The summed E-state index contributed by atoms with van der Waals surface area (Å²) in [6, 6.07) is 4.84. The van der Waals surface area contributed by atoms with Crippen molar-refractivity contribution in [2.45, 2.75) is 39.7 Å². The standard InChI is InChI=1S/C15H20O5/c1-4-6-13(15(18)19-5-2)20-12-8-7-10(3)9-11(12)14(16)17/h7-9,13H,4-6H2,1-3H3,(H,16,17). The fourth-order valence-electron chi connectivity index (χ4n) is 1.79. The molecule has 110 valence electrons. The van der Waals surface area contributed by atoms with Gasteiger partial charge in [0.2, 0.25) is 0 Å². The van der Waals surface area contributed by atoms with Crippen LogP contribution in [0, 0.1) is 6.92 Å². The van der Waals surface area contributed by atoms with Crippen LogP contribution in [0.3, 0.4) is 0 Å². The molecule has 0 bridgehead atoms. The molecule has 0 radical (unpaired) electrons. The molecule has 5 heteroatoms. The Hall–Kier alpha value is -2.04. The highest BCUT2D eigenvalue weighted by Crippen LogP contribution is 2.22. The Morgan fingerprint density at radius 1 is 1.30 bits per heavy atom. The molecule has 0 saturated heterocycles. The Kier molecular flexibility index (Phi) is 6.03. The minimum absolute atomic E-state index is 0.0513. The van der Waals surface area contributed by atoms with E-state index in [0.717, 1.165) is 12.0 Å². The molecule has 0 aliphatic rings. The number of esters is 1. The fourth-order valence-corrected chi connectivity index (χ4v) is 1.79. The monoisotopic (exact) mass is 280 g/mol. The third-order valence-corrected chi connectivity index (χ3v) is 2.74. The summed E-state index contributed by atoms with van der Waals surface area (Å²) in [5.41, 5.74) is 0.869. The highest BCUT2D eigenvalue weighted by atomic mass is 16.6. The average molecular weight is 280 g/mol. The number of carbonyl (C=O) groups excluding carboxylic acids is 1. The summed E-state index contributed by atoms with van der Waals surface area (Å²) < 4.78 is 10.5. The van der Waals surface area contributed by atoms with Crippen LogP contribution in [-0.4, -0.2) is 29.8 Å². The number of rotatable bonds is 7. The van der Waals surface area contributed by atoms with Crippen molar-refractivity contribution >= 4 is 11.9 Å². The van der Waals surface area contributed by atoms with Crippen molar-refractivity contribution in [2.24, 2.45) is 0 Å². The number of aromatic carboxylic acids is 1. The normalized spacial score (nSPS) is 11.8. The number of carbonyl (C=O) groups is 2. The third kappa shape index (κ3) is 4.26. The summed E-state index contributed by atoms with van der Waals surface area (Å²) >= 11 is 0. The lowest BCUT2D eigenvalue weighted by Gasteiger charge is -2.18. The van der Waals surface area contributed by atoms with Gasteiger partial charge in [-0.2, -0.15) is 0 Å². The zero-order chi connectivity index (χ0) is 15.1. The molecule has 1 unspecified atom stereocenters. The molecule has 0 heterocycles. The summed E-state index contributed by atoms with van der Waals surface area (Å²) in [4.78, 5) is 23.0. The van der Waals surface area contributed by atoms with Gasteiger partial charge in [0.05, 0.1) is 6.61 Å². The van der Waals surface area contributed by atoms with E-state index in [1.54, 1.807) is 26.0 Å². The number of hydrogen-bond acceptors (Lipinski definition) is 4. The predicted molar refractivity (Wildman–Crippen MR) is 74.1 cm³/mol. The fraction of sp³-hybridized carbons (Fsp3) is 0.467. The van der Waals surface area contributed by atoms with E-state index in [1.807, 2.05) is 6.92 Å². The topological polar surface area (TPSA) is 72.8 Å². The van der Waals surface area contributed by atoms with Gasteiger partial charge in [0.25, 0.3) is 0 Å². The van der Waals surface area contributed by atoms with Crippen LogP contribution in [0.15, 0.2) is 18.2 Å². The molecule has 1 aromatic carbocycles. The van der Waals surface area contributed by atoms with Crippen molar-refractivity contribution in [3.05, 3.63) is 29.3 Å². The number of benzene rings is 1. The van der Waals surface area contributed by atoms with Gasteiger partial charge in [0, 0.05) is 0 Å². The summed E-state index contributed by atoms with van der Waals surface area (Å²) in [7, 11) is 0. The maximum atomic E-state index is 11.8. The first kappa shape index (κ1) is 16.0. The number of carboxylic acid groups (broad SMARTS) is 1. The van der Waals surface area contributed by atoms with Gasteiger partial charge in [0.15, 0.2) is 6.10 Å². The largest absolute Gasteiger partial charge is 0.478 e. The maximum absolute atomic E-state index is 11.8. The van der Waals surface area contributed by atoms with Gasteiger partial charge < -0.3 is 14.6 Å². The lowest BCUT2D eigenvalue weighted by atomic mass is 10.1. The molecule has 0 saturated carbocycles. The molecule has 20 heavy (non-hydrogen) atoms. The van der Waals surface area contributed by atoms with Crippen LogP contribution >= 0.6 is 0 Å². The van der Waals surface area contributed by atoms with Crippen LogP contribution in [0.4, 0.5) is 0 Å². The van der Waals surface area contributed by atoms with E-state index in [0.29, 0.717) is 6.42 Å². The van der Waals surface area contributed by atoms with E-state index in [4.69, 9.17) is 9.47 Å². The predicted octanol–water partition coefficient (Wildman–Crippen LogP) is 2.80. The van der Waals surface area contributed by atoms with E-state index >= 15 is 0 Å². The maximum Gasteiger partial charge on any atom is 0.347 e. The zero-order valence-electron chi connectivity index (χ0n) is 12.0. The van der Waals surface area contributed by atoms with Gasteiger partial charge in [-0.25, -0.2) is 9.59 Å². The van der Waals surface area contributed by atoms with Crippen LogP contribution in [0.2, 0.25) is 0 Å². The molecule has 0 aliphatic carbocycles. The number of ether oxygens (including phenoxy) is 2. The highest BCUT2D eigenvalue weighted by Gasteiger charge is 2.23. The molecule has 0 aliphatic heterocycles. The van der Waals surface area contributed by atoms with Gasteiger partial charge >= 0.3 is 11.9 Å². The molecule has 1 aromatic rings. The number of hydrogen-bond donors (Lipinski definition) is 1. The second-order valence-electron chi connectivity index (χ2n) is 4.45. The van der Waals surface area contributed by atoms with Gasteiger partial charge in [-0.15, -0.1) is 0 Å². The SMILES string of the molecule is CCCC(Oc1ccc(C)cc1C(=O)O)C(=O)OCC. The molecule has 0 amide bonds. The number of carboxylic acids is 1. The van der Waals surface area contributed by atoms with Crippen LogP contribution in [0.5, 0.6) is 5.75 Å². The molecule has 5 nitrogen and oxygen atoms in total. The molecule has 0 spiro atoms. The minimum atomic E-state index is -1.08. The van der Waals surface area contributed by atoms with Crippen molar-refractivity contribution in [3.8, 4) is 5.75 Å². The van der Waals surface area contributed by atoms with Crippen molar-refractivity contribution in [1.82, 2.24) is 0 Å². The van der Waals surface area contributed by atoms with Gasteiger partial charge in [-0.05, 0) is 32.4 Å². The summed E-state index contributed by atoms with van der Waals surface area (Å²) in [6.45, 7) is 5.70. The van der Waals surface area contributed by atoms with Gasteiger partial charge in [0.1, 0.15) is 11.3 Å². The van der Waals surface area contributed by atoms with E-state index in [2.05, 4.69) is 0 Å². The first-order valence-electron chi connectivity index (χ1n) is 6.66. The van der Waals surface area contributed by atoms with E-state index in [1.165, 1.54) is 6.07 Å². The smallest absolute Gasteiger partial charge is 0.347 e. The molecule has 1 rings (SSSR count). The van der Waals surface area contributed by atoms with Crippen LogP contribution < -0.4 is 4.74 Å². The Balaban J connectivity index is 2.98. The molecular weight excluding hydrogens is 260 g/mol. The molecular formula is C15H20O5. The van der Waals surface area contributed by atoms with Crippen LogP contribution in [0.25, 0.3) is 0 Å². The second-order valence-corrected chi connectivity index (χ2v) is 4.45. The average Bonchev–Trinajstić information content (AvgIpc) is 2.40. The minimum Gasteiger partial charge on any atom is -0.478 e. The van der Waals surface area contributed by atoms with Crippen molar-refractivity contribution < 1.29 is 24.2 Å². The van der Waals surface area contributed by atoms with Crippen molar-refractivity contribution in [3.63, 3.8) is 0 Å². The third-order valence-electron chi connectivity index (χ3n) is 2.74. The molecule has 0 fully saturated rings. The summed E-state index contributed by atoms with van der Waals surface area (Å²) in [5, 5.41) is 9.18. The zero-order valence-corrected chi connectivity index (χ0v) is 12.0. The Morgan fingerprint density at radius 3 is 2.55 bits per heavy atom. The summed E-state index contributed by atoms with van der Waals surface area (Å²) in [6.07, 6.45) is 0.435. The second kappa shape index (κ2) is 7.53. The van der Waals surface area contributed by atoms with Crippen LogP contribution in [-0.2, 0) is 9.53 Å². The number of aryl methyl sites for hydroxylation is 1. The quantitative estimate of drug-likeness (QED) is 0.777. The highest BCUT2D eigenvalue weighted by molar-refractivity contribution is 5.91. The summed E-state index contributed by atoms with van der Waals surface area (Å²) in [5.74, 6) is -1.36. The van der Waals surface area contributed by atoms with Crippen molar-refractivity contribution in [2.75, 3.05) is 6.61 Å². The molecule has 1 N–H and O–H groups in total. The Bertz CT molecular complexity index is 481. The van der Waals surface area contributed by atoms with E-state index in [-0.39, 0.29) is 17.9 Å². The first-order chi connectivity index (χ1) is 9.49. The lowest BCUT2D eigenvalue weighted by Crippen LogP contribution is -2.30. The Morgan fingerprint density at radius 2 is 2.00 bits per heavy atom. The van der Waals surface area contributed by atoms with Gasteiger partial charge in [-0.3, -0.25) is 0 Å². The molecule has 1 atom stereocenters.